The zero-order valence-electron chi connectivity index (χ0n) is 12.1. The maximum Gasteiger partial charge on any atom is 0.193 e. The van der Waals surface area contributed by atoms with Crippen LogP contribution in [0, 0.1) is 0 Å². The summed E-state index contributed by atoms with van der Waals surface area (Å²) in [6, 6.07) is 16.4. The van der Waals surface area contributed by atoms with E-state index in [1.54, 1.807) is 25.1 Å². The van der Waals surface area contributed by atoms with Crippen LogP contribution in [0.3, 0.4) is 0 Å². The van der Waals surface area contributed by atoms with Crippen LogP contribution in [0.15, 0.2) is 54.6 Å². The molecule has 0 aliphatic carbocycles. The molecule has 2 atom stereocenters. The SMILES string of the molecule is CC(O)CC(O)Cc1ccccc1C(=O)c1ccccc1. The van der Waals surface area contributed by atoms with Crippen molar-refractivity contribution in [2.75, 3.05) is 0 Å². The average molecular weight is 284 g/mol. The molecule has 0 aliphatic heterocycles. The van der Waals surface area contributed by atoms with Gasteiger partial charge < -0.3 is 10.2 Å². The van der Waals surface area contributed by atoms with E-state index in [1.165, 1.54) is 0 Å². The molecule has 0 aliphatic rings. The summed E-state index contributed by atoms with van der Waals surface area (Å²) in [5.74, 6) is -0.0459. The second-order valence-electron chi connectivity index (χ2n) is 5.29. The molecule has 0 heterocycles. The molecular weight excluding hydrogens is 264 g/mol. The average Bonchev–Trinajstić information content (AvgIpc) is 2.47. The Kier molecular flexibility index (Phi) is 5.26. The number of hydrogen-bond acceptors (Lipinski definition) is 3. The Morgan fingerprint density at radius 1 is 1.00 bits per heavy atom. The highest BCUT2D eigenvalue weighted by Gasteiger charge is 2.16. The second-order valence-corrected chi connectivity index (χ2v) is 5.29. The van der Waals surface area contributed by atoms with Crippen LogP contribution in [0.4, 0.5) is 0 Å². The second kappa shape index (κ2) is 7.16. The van der Waals surface area contributed by atoms with Gasteiger partial charge in [-0.3, -0.25) is 4.79 Å². The maximum absolute atomic E-state index is 12.5. The molecular formula is C18H20O3. The number of hydrogen-bond donors (Lipinski definition) is 2. The van der Waals surface area contributed by atoms with E-state index >= 15 is 0 Å². The van der Waals surface area contributed by atoms with Crippen molar-refractivity contribution in [3.8, 4) is 0 Å². The van der Waals surface area contributed by atoms with Crippen molar-refractivity contribution < 1.29 is 15.0 Å². The van der Waals surface area contributed by atoms with Crippen LogP contribution in [0.2, 0.25) is 0 Å². The Balaban J connectivity index is 2.23. The van der Waals surface area contributed by atoms with Gasteiger partial charge in [0.25, 0.3) is 0 Å². The van der Waals surface area contributed by atoms with Crippen molar-refractivity contribution in [2.45, 2.75) is 32.0 Å². The first-order valence-corrected chi connectivity index (χ1v) is 7.11. The Labute approximate surface area is 124 Å². The summed E-state index contributed by atoms with van der Waals surface area (Å²) in [6.45, 7) is 1.64. The lowest BCUT2D eigenvalue weighted by Crippen LogP contribution is -2.19. The van der Waals surface area contributed by atoms with Crippen molar-refractivity contribution in [1.29, 1.82) is 0 Å². The van der Waals surface area contributed by atoms with E-state index in [-0.39, 0.29) is 5.78 Å². The Morgan fingerprint density at radius 2 is 1.62 bits per heavy atom. The van der Waals surface area contributed by atoms with Gasteiger partial charge in [0, 0.05) is 11.1 Å². The number of aliphatic hydroxyl groups is 2. The molecule has 3 nitrogen and oxygen atoms in total. The number of carbonyl (C=O) groups is 1. The normalized spacial score (nSPS) is 13.7. The lowest BCUT2D eigenvalue weighted by atomic mass is 9.94. The van der Waals surface area contributed by atoms with Crippen LogP contribution in [0.25, 0.3) is 0 Å². The molecule has 0 spiro atoms. The van der Waals surface area contributed by atoms with Gasteiger partial charge in [0.1, 0.15) is 0 Å². The lowest BCUT2D eigenvalue weighted by Gasteiger charge is -2.15. The monoisotopic (exact) mass is 284 g/mol. The van der Waals surface area contributed by atoms with Crippen molar-refractivity contribution in [1.82, 2.24) is 0 Å². The first kappa shape index (κ1) is 15.4. The van der Waals surface area contributed by atoms with Crippen molar-refractivity contribution in [3.63, 3.8) is 0 Å². The lowest BCUT2D eigenvalue weighted by molar-refractivity contribution is 0.0906. The Hall–Kier alpha value is -1.97. The standard InChI is InChI=1S/C18H20O3/c1-13(19)11-16(20)12-15-9-5-6-10-17(15)18(21)14-7-3-2-4-8-14/h2-10,13,16,19-20H,11-12H2,1H3. The van der Waals surface area contributed by atoms with Gasteiger partial charge >= 0.3 is 0 Å². The third kappa shape index (κ3) is 4.25. The summed E-state index contributed by atoms with van der Waals surface area (Å²) < 4.78 is 0. The molecule has 21 heavy (non-hydrogen) atoms. The Morgan fingerprint density at radius 3 is 2.29 bits per heavy atom. The molecule has 2 unspecified atom stereocenters. The minimum atomic E-state index is -0.658. The van der Waals surface area contributed by atoms with Gasteiger partial charge in [-0.2, -0.15) is 0 Å². The summed E-state index contributed by atoms with van der Waals surface area (Å²) in [5, 5.41) is 19.3. The summed E-state index contributed by atoms with van der Waals surface area (Å²) in [7, 11) is 0. The van der Waals surface area contributed by atoms with E-state index in [9.17, 15) is 15.0 Å². The van der Waals surface area contributed by atoms with Gasteiger partial charge in [-0.25, -0.2) is 0 Å². The number of aliphatic hydroxyl groups excluding tert-OH is 2. The van der Waals surface area contributed by atoms with Crippen molar-refractivity contribution in [2.24, 2.45) is 0 Å². The Bertz CT molecular complexity index is 590. The van der Waals surface area contributed by atoms with Gasteiger partial charge in [-0.05, 0) is 25.3 Å². The summed E-state index contributed by atoms with van der Waals surface area (Å²) in [6.07, 6.45) is -0.556. The molecule has 0 saturated heterocycles. The van der Waals surface area contributed by atoms with Crippen LogP contribution in [-0.2, 0) is 6.42 Å². The van der Waals surface area contributed by atoms with Gasteiger partial charge in [0.2, 0.25) is 0 Å². The van der Waals surface area contributed by atoms with Gasteiger partial charge in [0.15, 0.2) is 5.78 Å². The number of carbonyl (C=O) groups excluding carboxylic acids is 1. The van der Waals surface area contributed by atoms with Gasteiger partial charge in [-0.1, -0.05) is 54.6 Å². The third-order valence-corrected chi connectivity index (χ3v) is 3.37. The van der Waals surface area contributed by atoms with Crippen LogP contribution in [0.1, 0.15) is 34.8 Å². The highest BCUT2D eigenvalue weighted by Crippen LogP contribution is 2.17. The van der Waals surface area contributed by atoms with E-state index < -0.39 is 12.2 Å². The molecule has 0 bridgehead atoms. The van der Waals surface area contributed by atoms with E-state index in [1.807, 2.05) is 36.4 Å². The minimum Gasteiger partial charge on any atom is -0.393 e. The highest BCUT2D eigenvalue weighted by molar-refractivity contribution is 6.09. The first-order valence-electron chi connectivity index (χ1n) is 7.11. The molecule has 3 heteroatoms. The number of benzene rings is 2. The van der Waals surface area contributed by atoms with Crippen LogP contribution < -0.4 is 0 Å². The summed E-state index contributed by atoms with van der Waals surface area (Å²) in [4.78, 5) is 12.5. The molecule has 0 saturated carbocycles. The predicted molar refractivity (Wildman–Crippen MR) is 82.3 cm³/mol. The zero-order chi connectivity index (χ0) is 15.2. The molecule has 0 fully saturated rings. The number of rotatable bonds is 6. The molecule has 0 aromatic heterocycles. The largest absolute Gasteiger partial charge is 0.393 e. The van der Waals surface area contributed by atoms with E-state index in [4.69, 9.17) is 0 Å². The van der Waals surface area contributed by atoms with Crippen LogP contribution in [-0.4, -0.2) is 28.2 Å². The predicted octanol–water partition coefficient (Wildman–Crippen LogP) is 2.59. The van der Waals surface area contributed by atoms with E-state index in [0.717, 1.165) is 5.56 Å². The molecule has 2 N–H and O–H groups in total. The van der Waals surface area contributed by atoms with Gasteiger partial charge in [-0.15, -0.1) is 0 Å². The van der Waals surface area contributed by atoms with Crippen molar-refractivity contribution >= 4 is 5.78 Å². The molecule has 2 aromatic carbocycles. The van der Waals surface area contributed by atoms with E-state index in [2.05, 4.69) is 0 Å². The van der Waals surface area contributed by atoms with Crippen LogP contribution in [0.5, 0.6) is 0 Å². The fourth-order valence-electron chi connectivity index (χ4n) is 2.40. The topological polar surface area (TPSA) is 57.5 Å². The highest BCUT2D eigenvalue weighted by atomic mass is 16.3. The molecule has 110 valence electrons. The third-order valence-electron chi connectivity index (χ3n) is 3.37. The van der Waals surface area contributed by atoms with Crippen LogP contribution >= 0.6 is 0 Å². The quantitative estimate of drug-likeness (QED) is 0.802. The molecule has 2 aromatic rings. The first-order chi connectivity index (χ1) is 10.1. The van der Waals surface area contributed by atoms with E-state index in [0.29, 0.717) is 24.0 Å². The van der Waals surface area contributed by atoms with Crippen molar-refractivity contribution in [3.05, 3.63) is 71.3 Å². The molecule has 0 amide bonds. The molecule has 0 radical (unpaired) electrons. The fourth-order valence-corrected chi connectivity index (χ4v) is 2.40. The fraction of sp³-hybridized carbons (Fsp3) is 0.278. The number of ketones is 1. The minimum absolute atomic E-state index is 0.0459. The smallest absolute Gasteiger partial charge is 0.193 e. The zero-order valence-corrected chi connectivity index (χ0v) is 12.1. The summed E-state index contributed by atoms with van der Waals surface area (Å²) >= 11 is 0. The molecule has 2 rings (SSSR count). The summed E-state index contributed by atoms with van der Waals surface area (Å²) in [5.41, 5.74) is 2.04. The van der Waals surface area contributed by atoms with Gasteiger partial charge in [0.05, 0.1) is 12.2 Å². The maximum atomic E-state index is 12.5.